The second-order valence-corrected chi connectivity index (χ2v) is 7.89. The average molecular weight is 367 g/mol. The summed E-state index contributed by atoms with van der Waals surface area (Å²) in [5, 5.41) is 0. The number of nitrogens with one attached hydrogen (secondary N) is 1. The predicted molar refractivity (Wildman–Crippen MR) is 81.2 cm³/mol. The summed E-state index contributed by atoms with van der Waals surface area (Å²) in [6, 6.07) is 2.95. The topological polar surface area (TPSA) is 81.4 Å². The highest BCUT2D eigenvalue weighted by atomic mass is 79.9. The number of nitrogen functional groups attached to an aromatic ring is 1. The summed E-state index contributed by atoms with van der Waals surface area (Å²) >= 11 is 5.00. The lowest BCUT2D eigenvalue weighted by Crippen LogP contribution is -2.34. The number of rotatable bonds is 4. The van der Waals surface area contributed by atoms with Crippen LogP contribution in [-0.2, 0) is 10.0 Å². The van der Waals surface area contributed by atoms with Gasteiger partial charge in [-0.05, 0) is 40.2 Å². The van der Waals surface area contributed by atoms with E-state index in [9.17, 15) is 8.42 Å². The Morgan fingerprint density at radius 3 is 2.84 bits per heavy atom. The van der Waals surface area contributed by atoms with E-state index in [1.807, 2.05) is 0 Å². The molecule has 1 aliphatic heterocycles. The van der Waals surface area contributed by atoms with E-state index in [4.69, 9.17) is 10.5 Å². The number of ether oxygens (including phenoxy) is 1. The molecule has 0 radical (unpaired) electrons. The van der Waals surface area contributed by atoms with E-state index in [1.165, 1.54) is 13.2 Å². The van der Waals surface area contributed by atoms with Crippen molar-refractivity contribution in [3.8, 4) is 5.75 Å². The number of halogens is 1. The molecule has 0 saturated carbocycles. The van der Waals surface area contributed by atoms with E-state index in [2.05, 4.69) is 20.7 Å². The molecule has 1 atom stereocenters. The minimum atomic E-state index is -3.61. The van der Waals surface area contributed by atoms with Crippen molar-refractivity contribution in [2.75, 3.05) is 24.3 Å². The molecule has 5 nitrogen and oxygen atoms in total. The van der Waals surface area contributed by atoms with E-state index in [-0.39, 0.29) is 16.7 Å². The summed E-state index contributed by atoms with van der Waals surface area (Å²) in [5.74, 6) is 2.06. The fourth-order valence-electron chi connectivity index (χ4n) is 1.83. The molecule has 19 heavy (non-hydrogen) atoms. The highest BCUT2D eigenvalue weighted by molar-refractivity contribution is 9.10. The zero-order valence-corrected chi connectivity index (χ0v) is 13.6. The zero-order valence-electron chi connectivity index (χ0n) is 10.3. The molecule has 0 aliphatic carbocycles. The van der Waals surface area contributed by atoms with Gasteiger partial charge in [0.15, 0.2) is 0 Å². The van der Waals surface area contributed by atoms with Crippen LogP contribution in [0.5, 0.6) is 5.75 Å². The Kier molecular flexibility index (Phi) is 4.65. The Balaban J connectivity index is 2.36. The fraction of sp³-hybridized carbons (Fsp3) is 0.455. The maximum Gasteiger partial charge on any atom is 0.244 e. The van der Waals surface area contributed by atoms with Gasteiger partial charge < -0.3 is 10.5 Å². The minimum absolute atomic E-state index is 0.0235. The van der Waals surface area contributed by atoms with Crippen molar-refractivity contribution < 1.29 is 13.2 Å². The van der Waals surface area contributed by atoms with Crippen LogP contribution in [0.2, 0.25) is 0 Å². The Morgan fingerprint density at radius 1 is 1.53 bits per heavy atom. The number of sulfonamides is 1. The molecule has 0 aromatic heterocycles. The first-order chi connectivity index (χ1) is 8.94. The van der Waals surface area contributed by atoms with Crippen LogP contribution in [-0.4, -0.2) is 33.1 Å². The first-order valence-corrected chi connectivity index (χ1v) is 9.10. The van der Waals surface area contributed by atoms with Gasteiger partial charge in [-0.3, -0.25) is 0 Å². The van der Waals surface area contributed by atoms with Crippen molar-refractivity contribution in [2.24, 2.45) is 0 Å². The highest BCUT2D eigenvalue weighted by Crippen LogP contribution is 2.32. The molecule has 106 valence electrons. The van der Waals surface area contributed by atoms with Crippen molar-refractivity contribution in [1.82, 2.24) is 4.72 Å². The second-order valence-electron chi connectivity index (χ2n) is 4.21. The quantitative estimate of drug-likeness (QED) is 0.794. The molecular weight excluding hydrogens is 352 g/mol. The normalized spacial score (nSPS) is 19.6. The third kappa shape index (κ3) is 3.36. The standard InChI is InChI=1S/C11H15BrN2O3S2/c1-17-10-4-8(12)9(13)5-11(10)19(15,16)14-7-2-3-18-6-7/h4-5,7,14H,2-3,6,13H2,1H3. The summed E-state index contributed by atoms with van der Waals surface area (Å²) in [6.45, 7) is 0. The fourth-order valence-corrected chi connectivity index (χ4v) is 4.87. The van der Waals surface area contributed by atoms with Crippen LogP contribution in [0.25, 0.3) is 0 Å². The first-order valence-electron chi connectivity index (χ1n) is 5.67. The smallest absolute Gasteiger partial charge is 0.244 e. The molecule has 1 fully saturated rings. The van der Waals surface area contributed by atoms with E-state index in [1.54, 1.807) is 17.8 Å². The molecule has 8 heteroatoms. The summed E-state index contributed by atoms with van der Waals surface area (Å²) in [4.78, 5) is 0.0765. The maximum atomic E-state index is 12.4. The van der Waals surface area contributed by atoms with Gasteiger partial charge in [-0.1, -0.05) is 0 Å². The van der Waals surface area contributed by atoms with Crippen LogP contribution >= 0.6 is 27.7 Å². The summed E-state index contributed by atoms with van der Waals surface area (Å²) in [7, 11) is -2.18. The molecule has 1 aromatic rings. The summed E-state index contributed by atoms with van der Waals surface area (Å²) in [5.41, 5.74) is 6.11. The average Bonchev–Trinajstić information content (AvgIpc) is 2.84. The number of hydrogen-bond acceptors (Lipinski definition) is 5. The predicted octanol–water partition coefficient (Wildman–Crippen LogP) is 1.82. The van der Waals surface area contributed by atoms with Crippen LogP contribution in [0.4, 0.5) is 5.69 Å². The van der Waals surface area contributed by atoms with Gasteiger partial charge in [0.25, 0.3) is 0 Å². The van der Waals surface area contributed by atoms with Crippen LogP contribution in [0.1, 0.15) is 6.42 Å². The van der Waals surface area contributed by atoms with Gasteiger partial charge in [0.05, 0.1) is 7.11 Å². The van der Waals surface area contributed by atoms with Gasteiger partial charge in [-0.25, -0.2) is 13.1 Å². The van der Waals surface area contributed by atoms with E-state index in [0.29, 0.717) is 10.2 Å². The lowest BCUT2D eigenvalue weighted by atomic mass is 10.3. The highest BCUT2D eigenvalue weighted by Gasteiger charge is 2.26. The van der Waals surface area contributed by atoms with Gasteiger partial charge in [-0.15, -0.1) is 0 Å². The Hall–Kier alpha value is -0.440. The van der Waals surface area contributed by atoms with Crippen LogP contribution in [0.3, 0.4) is 0 Å². The summed E-state index contributed by atoms with van der Waals surface area (Å²) < 4.78 is 33.1. The largest absolute Gasteiger partial charge is 0.495 e. The zero-order chi connectivity index (χ0) is 14.0. The SMILES string of the molecule is COc1cc(Br)c(N)cc1S(=O)(=O)NC1CCSC1. The third-order valence-corrected chi connectivity index (χ3v) is 6.21. The van der Waals surface area contributed by atoms with Gasteiger partial charge in [0.2, 0.25) is 10.0 Å². The number of methoxy groups -OCH3 is 1. The summed E-state index contributed by atoms with van der Waals surface area (Å²) in [6.07, 6.45) is 0.845. The molecule has 3 N–H and O–H groups in total. The van der Waals surface area contributed by atoms with Crippen LogP contribution < -0.4 is 15.2 Å². The van der Waals surface area contributed by atoms with Crippen molar-refractivity contribution in [1.29, 1.82) is 0 Å². The maximum absolute atomic E-state index is 12.4. The molecular formula is C11H15BrN2O3S2. The molecule has 0 bridgehead atoms. The number of hydrogen-bond donors (Lipinski definition) is 2. The molecule has 1 heterocycles. The minimum Gasteiger partial charge on any atom is -0.495 e. The van der Waals surface area contributed by atoms with Gasteiger partial charge in [-0.2, -0.15) is 11.8 Å². The van der Waals surface area contributed by atoms with Crippen molar-refractivity contribution in [3.63, 3.8) is 0 Å². The Labute approximate surface area is 125 Å². The lowest BCUT2D eigenvalue weighted by molar-refractivity contribution is 0.402. The van der Waals surface area contributed by atoms with E-state index in [0.717, 1.165) is 17.9 Å². The monoisotopic (exact) mass is 366 g/mol. The molecule has 2 rings (SSSR count). The number of thioether (sulfide) groups is 1. The third-order valence-electron chi connectivity index (χ3n) is 2.82. The van der Waals surface area contributed by atoms with Gasteiger partial charge in [0, 0.05) is 22.0 Å². The Bertz CT molecular complexity index is 572. The molecule has 1 unspecified atom stereocenters. The number of nitrogens with two attached hydrogens (primary N) is 1. The lowest BCUT2D eigenvalue weighted by Gasteiger charge is -2.15. The number of benzene rings is 1. The molecule has 1 saturated heterocycles. The van der Waals surface area contributed by atoms with Gasteiger partial charge in [0.1, 0.15) is 10.6 Å². The van der Waals surface area contributed by atoms with Crippen molar-refractivity contribution in [3.05, 3.63) is 16.6 Å². The van der Waals surface area contributed by atoms with E-state index >= 15 is 0 Å². The number of anilines is 1. The molecule has 0 spiro atoms. The van der Waals surface area contributed by atoms with Crippen molar-refractivity contribution in [2.45, 2.75) is 17.4 Å². The van der Waals surface area contributed by atoms with E-state index < -0.39 is 10.0 Å². The van der Waals surface area contributed by atoms with Crippen LogP contribution in [0.15, 0.2) is 21.5 Å². The Morgan fingerprint density at radius 2 is 2.26 bits per heavy atom. The molecule has 1 aromatic carbocycles. The molecule has 1 aliphatic rings. The first kappa shape index (κ1) is 15.0. The van der Waals surface area contributed by atoms with Crippen LogP contribution in [0, 0.1) is 0 Å². The van der Waals surface area contributed by atoms with Gasteiger partial charge >= 0.3 is 0 Å². The molecule has 0 amide bonds. The second kappa shape index (κ2) is 5.90. The van der Waals surface area contributed by atoms with Crippen molar-refractivity contribution >= 4 is 43.4 Å².